The van der Waals surface area contributed by atoms with Crippen molar-refractivity contribution < 1.29 is 28.7 Å². The van der Waals surface area contributed by atoms with Crippen LogP contribution in [0, 0.1) is 11.8 Å². The molecule has 3 fully saturated rings. The standard InChI is InChI=1S/C46H48N8O6/c1-25-20-37(53(26(25)2)44(56)39(52-46(58)60-4)29-8-6-5-7-9-29)42-49-35-19-16-31-21-30(15-18-34(31)40(35)51-42)27-10-12-28(13-11-27)36-23-47-43(50-36)41-32-14-17-33(22-32)54(41)38(55)24-48-45(57)59-3/h5-13,15-16,18-19,21,23,25-26,32-33,37,39,41H,14,17,20,22,24H2,1-4H3,(H,47,50)(H,48,57)(H,49,51)(H,52,58)/t25?,26-,32+,33-,37+,39-,41+/m1/s1. The van der Waals surface area contributed by atoms with Gasteiger partial charge in [-0.05, 0) is 84.2 Å². The summed E-state index contributed by atoms with van der Waals surface area (Å²) in [5.41, 5.74) is 6.37. The van der Waals surface area contributed by atoms with Gasteiger partial charge in [0.2, 0.25) is 5.91 Å². The highest BCUT2D eigenvalue weighted by atomic mass is 16.5. The van der Waals surface area contributed by atoms with Gasteiger partial charge in [0.15, 0.2) is 0 Å². The quantitative estimate of drug-likeness (QED) is 0.116. The number of aromatic amines is 2. The average molecular weight is 809 g/mol. The number of nitrogens with zero attached hydrogens (tertiary/aromatic N) is 4. The zero-order valence-corrected chi connectivity index (χ0v) is 34.0. The number of nitrogens with one attached hydrogen (secondary N) is 4. The number of hydrogen-bond donors (Lipinski definition) is 4. The molecular formula is C46H48N8O6. The predicted molar refractivity (Wildman–Crippen MR) is 225 cm³/mol. The van der Waals surface area contributed by atoms with Crippen LogP contribution in [0.15, 0.2) is 91.1 Å². The number of benzene rings is 4. The van der Waals surface area contributed by atoms with E-state index in [2.05, 4.69) is 80.8 Å². The van der Waals surface area contributed by atoms with Crippen molar-refractivity contribution in [2.75, 3.05) is 20.8 Å². The number of alkyl carbamates (subject to hydrolysis) is 2. The molecule has 4 aromatic carbocycles. The fourth-order valence-corrected chi connectivity index (χ4v) is 9.72. The lowest BCUT2D eigenvalue weighted by Gasteiger charge is -2.34. The maximum absolute atomic E-state index is 14.4. The fourth-order valence-electron chi connectivity index (χ4n) is 9.72. The number of amides is 4. The molecule has 2 bridgehead atoms. The molecule has 1 unspecified atom stereocenters. The Morgan fingerprint density at radius 2 is 1.57 bits per heavy atom. The molecule has 1 aliphatic carbocycles. The van der Waals surface area contributed by atoms with E-state index >= 15 is 0 Å². The minimum Gasteiger partial charge on any atom is -0.453 e. The lowest BCUT2D eigenvalue weighted by atomic mass is 9.98. The zero-order chi connectivity index (χ0) is 41.7. The van der Waals surface area contributed by atoms with Crippen LogP contribution < -0.4 is 10.6 Å². The predicted octanol–water partition coefficient (Wildman–Crippen LogP) is 7.58. The molecule has 60 heavy (non-hydrogen) atoms. The Morgan fingerprint density at radius 1 is 0.817 bits per heavy atom. The van der Waals surface area contributed by atoms with Crippen LogP contribution in [0.5, 0.6) is 0 Å². The van der Waals surface area contributed by atoms with Gasteiger partial charge in [-0.2, -0.15) is 0 Å². The molecule has 7 atom stereocenters. The molecule has 14 heteroatoms. The molecule has 0 spiro atoms. The molecular weight excluding hydrogens is 761 g/mol. The van der Waals surface area contributed by atoms with Gasteiger partial charge in [0.1, 0.15) is 24.2 Å². The fraction of sp³-hybridized carbons (Fsp3) is 0.348. The third-order valence-electron chi connectivity index (χ3n) is 12.9. The summed E-state index contributed by atoms with van der Waals surface area (Å²) >= 11 is 0. The Kier molecular flexibility index (Phi) is 10.2. The van der Waals surface area contributed by atoms with E-state index in [0.717, 1.165) is 75.7 Å². The van der Waals surface area contributed by atoms with Crippen molar-refractivity contribution in [2.24, 2.45) is 11.8 Å². The number of aromatic nitrogens is 4. The van der Waals surface area contributed by atoms with Crippen molar-refractivity contribution in [3.05, 3.63) is 108 Å². The Morgan fingerprint density at radius 3 is 2.33 bits per heavy atom. The SMILES string of the molecule is COC(=O)NCC(=O)N1[C@@H]2CC[C@@H](C2)[C@H]1c1ncc(-c2ccc(-c3ccc4c(ccc5[nH]c([C@@H]6CC(C)[C@@H](C)N6C(=O)[C@H](NC(=O)OC)c6ccccc6)nc54)c3)cc2)[nH]1. The molecule has 2 aromatic heterocycles. The van der Waals surface area contributed by atoms with Gasteiger partial charge >= 0.3 is 12.2 Å². The lowest BCUT2D eigenvalue weighted by Crippen LogP contribution is -2.46. The molecule has 9 rings (SSSR count). The second-order valence-electron chi connectivity index (χ2n) is 16.3. The van der Waals surface area contributed by atoms with Crippen LogP contribution in [0.25, 0.3) is 44.2 Å². The Bertz CT molecular complexity index is 2590. The van der Waals surface area contributed by atoms with Crippen molar-refractivity contribution in [3.63, 3.8) is 0 Å². The smallest absolute Gasteiger partial charge is 0.407 e. The molecule has 4 amide bonds. The number of carbonyl (C=O) groups excluding carboxylic acids is 4. The summed E-state index contributed by atoms with van der Waals surface area (Å²) < 4.78 is 9.55. The van der Waals surface area contributed by atoms with Crippen LogP contribution in [0.2, 0.25) is 0 Å². The van der Waals surface area contributed by atoms with Gasteiger partial charge in [-0.15, -0.1) is 0 Å². The molecule has 308 valence electrons. The highest BCUT2D eigenvalue weighted by Gasteiger charge is 2.50. The van der Waals surface area contributed by atoms with Gasteiger partial charge in [0.25, 0.3) is 5.91 Å². The topological polar surface area (TPSA) is 175 Å². The minimum atomic E-state index is -0.914. The molecule has 4 heterocycles. The third kappa shape index (κ3) is 6.99. The first kappa shape index (κ1) is 38.8. The van der Waals surface area contributed by atoms with E-state index in [1.54, 1.807) is 0 Å². The highest BCUT2D eigenvalue weighted by Crippen LogP contribution is 2.50. The van der Waals surface area contributed by atoms with Gasteiger partial charge in [0.05, 0.1) is 49.2 Å². The summed E-state index contributed by atoms with van der Waals surface area (Å²) in [6.07, 6.45) is 4.18. The number of H-pyrrole nitrogens is 2. The van der Waals surface area contributed by atoms with Crippen LogP contribution >= 0.6 is 0 Å². The van der Waals surface area contributed by atoms with Crippen LogP contribution in [0.3, 0.4) is 0 Å². The maximum atomic E-state index is 14.4. The normalized spacial score (nSPS) is 22.6. The molecule has 1 saturated carbocycles. The first-order chi connectivity index (χ1) is 29.1. The number of piperidine rings is 1. The second-order valence-corrected chi connectivity index (χ2v) is 16.3. The van der Waals surface area contributed by atoms with E-state index in [9.17, 15) is 19.2 Å². The van der Waals surface area contributed by atoms with Crippen molar-refractivity contribution in [1.82, 2.24) is 40.4 Å². The van der Waals surface area contributed by atoms with Gasteiger partial charge < -0.3 is 39.9 Å². The monoisotopic (exact) mass is 808 g/mol. The maximum Gasteiger partial charge on any atom is 0.407 e. The van der Waals surface area contributed by atoms with Crippen molar-refractivity contribution in [1.29, 1.82) is 0 Å². The number of imidazole rings is 2. The lowest BCUT2D eigenvalue weighted by molar-refractivity contribution is -0.137. The van der Waals surface area contributed by atoms with Crippen LogP contribution in [0.1, 0.15) is 74.9 Å². The summed E-state index contributed by atoms with van der Waals surface area (Å²) in [5, 5.41) is 7.33. The molecule has 14 nitrogen and oxygen atoms in total. The summed E-state index contributed by atoms with van der Waals surface area (Å²) in [6, 6.07) is 26.7. The van der Waals surface area contributed by atoms with Gasteiger partial charge in [-0.3, -0.25) is 9.59 Å². The van der Waals surface area contributed by atoms with Crippen LogP contribution in [-0.2, 0) is 19.1 Å². The van der Waals surface area contributed by atoms with Gasteiger partial charge in [-0.25, -0.2) is 19.6 Å². The summed E-state index contributed by atoms with van der Waals surface area (Å²) in [5.74, 6) is 1.65. The Balaban J connectivity index is 0.943. The minimum absolute atomic E-state index is 0.0889. The summed E-state index contributed by atoms with van der Waals surface area (Å²) in [6.45, 7) is 4.08. The Hall–Kier alpha value is -6.70. The Labute approximate surface area is 347 Å². The van der Waals surface area contributed by atoms with E-state index in [-0.39, 0.29) is 48.4 Å². The second kappa shape index (κ2) is 15.8. The number of rotatable bonds is 9. The van der Waals surface area contributed by atoms with Crippen molar-refractivity contribution >= 4 is 45.8 Å². The van der Waals surface area contributed by atoms with E-state index in [4.69, 9.17) is 14.7 Å². The molecule has 0 radical (unpaired) electrons. The molecule has 2 aliphatic heterocycles. The van der Waals surface area contributed by atoms with Gasteiger partial charge in [-0.1, -0.05) is 79.7 Å². The number of likely N-dealkylation sites (tertiary alicyclic amines) is 2. The number of carbonyl (C=O) groups is 4. The summed E-state index contributed by atoms with van der Waals surface area (Å²) in [7, 11) is 2.57. The first-order valence-corrected chi connectivity index (χ1v) is 20.5. The molecule has 6 aromatic rings. The van der Waals surface area contributed by atoms with Gasteiger partial charge in [0, 0.05) is 17.5 Å². The largest absolute Gasteiger partial charge is 0.453 e. The number of hydrogen-bond acceptors (Lipinski definition) is 8. The molecule has 2 saturated heterocycles. The van der Waals surface area contributed by atoms with E-state index in [1.807, 2.05) is 59.3 Å². The number of methoxy groups -OCH3 is 2. The zero-order valence-electron chi connectivity index (χ0n) is 34.0. The van der Waals surface area contributed by atoms with Crippen molar-refractivity contribution in [2.45, 2.75) is 69.7 Å². The summed E-state index contributed by atoms with van der Waals surface area (Å²) in [4.78, 5) is 72.4. The molecule has 3 aliphatic rings. The third-order valence-corrected chi connectivity index (χ3v) is 12.9. The number of ether oxygens (including phenoxy) is 2. The average Bonchev–Trinajstić information content (AvgIpc) is 4.14. The highest BCUT2D eigenvalue weighted by molar-refractivity contribution is 6.05. The van der Waals surface area contributed by atoms with E-state index < -0.39 is 18.2 Å². The van der Waals surface area contributed by atoms with E-state index in [1.165, 1.54) is 14.2 Å². The van der Waals surface area contributed by atoms with E-state index in [0.29, 0.717) is 17.3 Å². The first-order valence-electron chi connectivity index (χ1n) is 20.5. The molecule has 4 N–H and O–H groups in total. The number of fused-ring (bicyclic) bond motifs is 5. The van der Waals surface area contributed by atoms with Crippen LogP contribution in [-0.4, -0.2) is 86.6 Å². The van der Waals surface area contributed by atoms with Crippen molar-refractivity contribution in [3.8, 4) is 22.4 Å². The van der Waals surface area contributed by atoms with Crippen LogP contribution in [0.4, 0.5) is 9.59 Å².